The van der Waals surface area contributed by atoms with E-state index in [0.717, 1.165) is 5.56 Å². The minimum Gasteiger partial charge on any atom is -0.317 e. The van der Waals surface area contributed by atoms with Crippen LogP contribution in [0.5, 0.6) is 0 Å². The highest BCUT2D eigenvalue weighted by molar-refractivity contribution is 7.85. The lowest BCUT2D eigenvalue weighted by Gasteiger charge is -2.06. The molecule has 0 aromatic heterocycles. The van der Waals surface area contributed by atoms with E-state index in [0.29, 0.717) is 5.92 Å². The summed E-state index contributed by atoms with van der Waals surface area (Å²) in [4.78, 5) is -0.0584. The lowest BCUT2D eigenvalue weighted by Crippen LogP contribution is -2.16. The van der Waals surface area contributed by atoms with Crippen LogP contribution in [0.4, 0.5) is 0 Å². The van der Waals surface area contributed by atoms with Crippen LogP contribution >= 0.6 is 0 Å². The average Bonchev–Trinajstić information content (AvgIpc) is 3.10. The van der Waals surface area contributed by atoms with Gasteiger partial charge in [0, 0.05) is 0 Å². The van der Waals surface area contributed by atoms with Crippen LogP contribution in [-0.2, 0) is 10.1 Å². The molecular weight excluding hydrogens is 635 g/mol. The minimum absolute atomic E-state index is 0.0584. The molecule has 0 fully saturated rings. The van der Waals surface area contributed by atoms with Crippen LogP contribution in [0.15, 0.2) is 29.2 Å². The molecule has 0 amide bonds. The molecule has 0 aliphatic rings. The van der Waals surface area contributed by atoms with E-state index >= 15 is 0 Å². The monoisotopic (exact) mass is 722 g/mol. The maximum Gasteiger partial charge on any atom is 0.294 e. The Hall–Kier alpha value is -0.910. The zero-order valence-corrected chi connectivity index (χ0v) is 34.9. The van der Waals surface area contributed by atoms with Gasteiger partial charge in [-0.25, -0.2) is 0 Å². The highest BCUT2D eigenvalue weighted by atomic mass is 32.2. The summed E-state index contributed by atoms with van der Waals surface area (Å²) >= 11 is 0. The molecule has 4 nitrogen and oxygen atoms in total. The fourth-order valence-corrected chi connectivity index (χ4v) is 7.23. The van der Waals surface area contributed by atoms with Crippen LogP contribution in [0, 0.1) is 0 Å². The van der Waals surface area contributed by atoms with Crippen molar-refractivity contribution in [1.29, 1.82) is 0 Å². The van der Waals surface area contributed by atoms with E-state index < -0.39 is 10.1 Å². The molecule has 296 valence electrons. The average molecular weight is 722 g/mol. The van der Waals surface area contributed by atoms with Gasteiger partial charge >= 0.3 is 0 Å². The first-order valence-corrected chi connectivity index (χ1v) is 23.5. The predicted octanol–water partition coefficient (Wildman–Crippen LogP) is 15.2. The first-order valence-electron chi connectivity index (χ1n) is 22.1. The Kier molecular flexibility index (Phi) is 37.1. The maximum absolute atomic E-state index is 10.7. The van der Waals surface area contributed by atoms with Crippen LogP contribution < -0.4 is 5.32 Å². The van der Waals surface area contributed by atoms with Crippen molar-refractivity contribution in [3.8, 4) is 0 Å². The predicted molar refractivity (Wildman–Crippen MR) is 222 cm³/mol. The summed E-state index contributed by atoms with van der Waals surface area (Å²) in [6.45, 7) is 11.1. The lowest BCUT2D eigenvalue weighted by molar-refractivity contribution is 0.483. The molecule has 1 aromatic carbocycles. The van der Waals surface area contributed by atoms with Crippen LogP contribution in [0.2, 0.25) is 0 Å². The largest absolute Gasteiger partial charge is 0.317 e. The maximum atomic E-state index is 10.7. The van der Waals surface area contributed by atoms with Crippen LogP contribution in [-0.4, -0.2) is 26.1 Å². The van der Waals surface area contributed by atoms with Gasteiger partial charge in [0.25, 0.3) is 10.1 Å². The molecule has 0 spiro atoms. The highest BCUT2D eigenvalue weighted by Gasteiger charge is 2.09. The number of benzene rings is 1. The van der Waals surface area contributed by atoms with E-state index in [4.69, 9.17) is 4.55 Å². The van der Waals surface area contributed by atoms with Gasteiger partial charge in [-0.3, -0.25) is 4.55 Å². The second kappa shape index (κ2) is 37.8. The van der Waals surface area contributed by atoms with Gasteiger partial charge in [0.15, 0.2) is 0 Å². The summed E-state index contributed by atoms with van der Waals surface area (Å²) in [5, 5.41) is 3.68. The molecule has 1 aromatic rings. The topological polar surface area (TPSA) is 66.4 Å². The smallest absolute Gasteiger partial charge is 0.294 e. The number of hydrogen-bond donors (Lipinski definition) is 2. The molecular formula is C45H87NO3S. The zero-order chi connectivity index (χ0) is 36.8. The van der Waals surface area contributed by atoms with Gasteiger partial charge in [-0.2, -0.15) is 8.42 Å². The van der Waals surface area contributed by atoms with Gasteiger partial charge < -0.3 is 5.32 Å². The Morgan fingerprint density at radius 2 is 0.680 bits per heavy atom. The van der Waals surface area contributed by atoms with Crippen molar-refractivity contribution < 1.29 is 13.0 Å². The van der Waals surface area contributed by atoms with Gasteiger partial charge in [-0.1, -0.05) is 232 Å². The third kappa shape index (κ3) is 35.5. The molecule has 1 rings (SSSR count). The number of rotatable bonds is 36. The van der Waals surface area contributed by atoms with Gasteiger partial charge in [0.1, 0.15) is 0 Å². The van der Waals surface area contributed by atoms with E-state index in [-0.39, 0.29) is 4.90 Å². The van der Waals surface area contributed by atoms with E-state index in [2.05, 4.69) is 19.2 Å². The van der Waals surface area contributed by atoms with Gasteiger partial charge in [-0.15, -0.1) is 0 Å². The van der Waals surface area contributed by atoms with Crippen molar-refractivity contribution in [3.05, 3.63) is 29.8 Å². The quantitative estimate of drug-likeness (QED) is 0.0535. The molecule has 0 saturated heterocycles. The van der Waals surface area contributed by atoms with Crippen molar-refractivity contribution >= 4 is 10.1 Å². The van der Waals surface area contributed by atoms with Crippen LogP contribution in [0.1, 0.15) is 245 Å². The molecule has 0 heterocycles. The van der Waals surface area contributed by atoms with Gasteiger partial charge in [0.2, 0.25) is 0 Å². The standard InChI is InChI=1S/C36H75N.C9H12O3S/c1-3-5-7-9-11-13-15-17-19-21-23-25-27-29-31-33-35-37-36-34-32-30-28-26-24-22-20-18-16-14-12-10-8-6-4-2;1-7(2)8-3-5-9(6-4-8)13(10,11)12/h37H,3-36H2,1-2H3;3-7H,1-2H3,(H,10,11,12). The van der Waals surface area contributed by atoms with E-state index in [1.165, 1.54) is 231 Å². The molecule has 0 radical (unpaired) electrons. The van der Waals surface area contributed by atoms with E-state index in [1.54, 1.807) is 12.1 Å². The zero-order valence-electron chi connectivity index (χ0n) is 34.1. The minimum atomic E-state index is -4.05. The highest BCUT2D eigenvalue weighted by Crippen LogP contribution is 2.18. The van der Waals surface area contributed by atoms with E-state index in [1.807, 2.05) is 13.8 Å². The second-order valence-electron chi connectivity index (χ2n) is 15.6. The summed E-state index contributed by atoms with van der Waals surface area (Å²) in [5.41, 5.74) is 1.05. The second-order valence-corrected chi connectivity index (χ2v) is 17.0. The van der Waals surface area contributed by atoms with Crippen molar-refractivity contribution in [1.82, 2.24) is 5.32 Å². The molecule has 0 bridgehead atoms. The molecule has 50 heavy (non-hydrogen) atoms. The van der Waals surface area contributed by atoms with E-state index in [9.17, 15) is 8.42 Å². The molecule has 0 unspecified atom stereocenters. The van der Waals surface area contributed by atoms with Crippen LogP contribution in [0.3, 0.4) is 0 Å². The molecule has 0 aliphatic heterocycles. The Balaban J connectivity index is 0.00000153. The number of nitrogens with one attached hydrogen (secondary N) is 1. The van der Waals surface area contributed by atoms with Crippen LogP contribution in [0.25, 0.3) is 0 Å². The summed E-state index contributed by atoms with van der Waals surface area (Å²) in [7, 11) is -4.05. The Morgan fingerprint density at radius 1 is 0.440 bits per heavy atom. The Morgan fingerprint density at radius 3 is 0.900 bits per heavy atom. The third-order valence-corrected chi connectivity index (χ3v) is 11.1. The summed E-state index contributed by atoms with van der Waals surface area (Å²) in [6, 6.07) is 6.22. The van der Waals surface area contributed by atoms with Crippen molar-refractivity contribution in [3.63, 3.8) is 0 Å². The van der Waals surface area contributed by atoms with Crippen molar-refractivity contribution in [2.45, 2.75) is 244 Å². The lowest BCUT2D eigenvalue weighted by atomic mass is 10.0. The summed E-state index contributed by atoms with van der Waals surface area (Å²) < 4.78 is 30.0. The van der Waals surface area contributed by atoms with Gasteiger partial charge in [-0.05, 0) is 49.5 Å². The Bertz CT molecular complexity index is 865. The van der Waals surface area contributed by atoms with Gasteiger partial charge in [0.05, 0.1) is 4.90 Å². The van der Waals surface area contributed by atoms with Crippen molar-refractivity contribution in [2.24, 2.45) is 0 Å². The normalized spacial score (nSPS) is 11.6. The Labute approximate surface area is 314 Å². The molecule has 0 saturated carbocycles. The van der Waals surface area contributed by atoms with Crippen molar-refractivity contribution in [2.75, 3.05) is 13.1 Å². The molecule has 0 atom stereocenters. The molecule has 2 N–H and O–H groups in total. The molecule has 5 heteroatoms. The first kappa shape index (κ1) is 49.1. The first-order chi connectivity index (χ1) is 24.3. The number of hydrogen-bond acceptors (Lipinski definition) is 3. The SMILES string of the molecule is CC(C)c1ccc(S(=O)(=O)O)cc1.CCCCCCCCCCCCCCCCCCNCCCCCCCCCCCCCCCCCC. The summed E-state index contributed by atoms with van der Waals surface area (Å²) in [6.07, 6.45) is 46.7. The third-order valence-electron chi connectivity index (χ3n) is 10.3. The molecule has 0 aliphatic carbocycles. The number of unbranched alkanes of at least 4 members (excludes halogenated alkanes) is 30. The fourth-order valence-electron chi connectivity index (χ4n) is 6.75. The summed E-state index contributed by atoms with van der Waals surface area (Å²) in [5.74, 6) is 0.357. The fraction of sp³-hybridized carbons (Fsp3) is 0.867.